The molecule has 2 N–H and O–H groups in total. The van der Waals surface area contributed by atoms with Crippen LogP contribution in [0.25, 0.3) is 0 Å². The number of imide groups is 1. The van der Waals surface area contributed by atoms with Gasteiger partial charge in [-0.3, -0.25) is 14.5 Å². The molecule has 1 aliphatic heterocycles. The highest BCUT2D eigenvalue weighted by molar-refractivity contribution is 6.08. The Labute approximate surface area is 160 Å². The van der Waals surface area contributed by atoms with Crippen LogP contribution in [0.5, 0.6) is 0 Å². The molecule has 1 aliphatic carbocycles. The number of carbonyl (C=O) groups is 3. The molecule has 1 saturated heterocycles. The summed E-state index contributed by atoms with van der Waals surface area (Å²) in [6.45, 7) is 3.75. The van der Waals surface area contributed by atoms with E-state index in [1.54, 1.807) is 6.92 Å². The van der Waals surface area contributed by atoms with E-state index >= 15 is 0 Å². The smallest absolute Gasteiger partial charge is 0.325 e. The fraction of sp³-hybridized carbons (Fsp3) is 0.571. The van der Waals surface area contributed by atoms with Crippen molar-refractivity contribution in [2.75, 3.05) is 6.54 Å². The van der Waals surface area contributed by atoms with E-state index < -0.39 is 11.6 Å². The van der Waals surface area contributed by atoms with Crippen molar-refractivity contribution in [1.82, 2.24) is 15.5 Å². The van der Waals surface area contributed by atoms with Crippen LogP contribution in [-0.4, -0.2) is 40.9 Å². The Morgan fingerprint density at radius 1 is 1.19 bits per heavy atom. The molecule has 0 unspecified atom stereocenters. The molecule has 0 aromatic heterocycles. The van der Waals surface area contributed by atoms with Crippen LogP contribution in [0.2, 0.25) is 0 Å². The molecule has 2 fully saturated rings. The highest BCUT2D eigenvalue weighted by Gasteiger charge is 2.47. The zero-order valence-corrected chi connectivity index (χ0v) is 16.2. The summed E-state index contributed by atoms with van der Waals surface area (Å²) in [6, 6.07) is 9.52. The lowest BCUT2D eigenvalue weighted by atomic mass is 9.87. The van der Waals surface area contributed by atoms with Gasteiger partial charge in [-0.2, -0.15) is 0 Å². The van der Waals surface area contributed by atoms with Gasteiger partial charge < -0.3 is 10.6 Å². The average molecular weight is 371 g/mol. The van der Waals surface area contributed by atoms with Crippen molar-refractivity contribution < 1.29 is 14.4 Å². The Kier molecular flexibility index (Phi) is 5.82. The second-order valence-corrected chi connectivity index (χ2v) is 8.16. The van der Waals surface area contributed by atoms with Crippen molar-refractivity contribution in [1.29, 1.82) is 0 Å². The highest BCUT2D eigenvalue weighted by atomic mass is 16.2. The monoisotopic (exact) mass is 371 g/mol. The van der Waals surface area contributed by atoms with E-state index in [-0.39, 0.29) is 24.4 Å². The predicted molar refractivity (Wildman–Crippen MR) is 103 cm³/mol. The molecule has 2 aliphatic rings. The van der Waals surface area contributed by atoms with Gasteiger partial charge in [-0.15, -0.1) is 0 Å². The molecule has 27 heavy (non-hydrogen) atoms. The van der Waals surface area contributed by atoms with Crippen molar-refractivity contribution in [2.24, 2.45) is 5.92 Å². The van der Waals surface area contributed by atoms with E-state index in [1.165, 1.54) is 0 Å². The van der Waals surface area contributed by atoms with Crippen molar-refractivity contribution in [3.63, 3.8) is 0 Å². The molecule has 1 heterocycles. The minimum Gasteiger partial charge on any atom is -0.352 e. The predicted octanol–water partition coefficient (Wildman–Crippen LogP) is 2.62. The quantitative estimate of drug-likeness (QED) is 0.755. The lowest BCUT2D eigenvalue weighted by molar-refractivity contribution is -0.135. The number of amides is 4. The van der Waals surface area contributed by atoms with Gasteiger partial charge in [-0.25, -0.2) is 4.79 Å². The molecule has 1 saturated carbocycles. The third-order valence-electron chi connectivity index (χ3n) is 5.78. The lowest BCUT2D eigenvalue weighted by Crippen LogP contribution is -2.47. The standard InChI is InChI=1S/C21H29N3O3/c1-15-8-10-17(11-9-15)22-18(25)14-24-19(26)21(2,23-20(24)27)13-12-16-6-4-3-5-7-16/h3-7,15,17H,8-14H2,1-2H3,(H,22,25)(H,23,27)/t15?,17?,21-/m0/s1. The number of nitrogens with one attached hydrogen (secondary N) is 2. The van der Waals surface area contributed by atoms with E-state index in [0.717, 1.165) is 36.1 Å². The summed E-state index contributed by atoms with van der Waals surface area (Å²) in [5.74, 6) is 0.121. The zero-order valence-electron chi connectivity index (χ0n) is 16.2. The van der Waals surface area contributed by atoms with E-state index in [4.69, 9.17) is 0 Å². The first-order valence-electron chi connectivity index (χ1n) is 9.85. The maximum absolute atomic E-state index is 12.8. The van der Waals surface area contributed by atoms with Crippen LogP contribution in [0.4, 0.5) is 4.79 Å². The molecule has 4 amide bonds. The first-order chi connectivity index (χ1) is 12.9. The SMILES string of the molecule is CC1CCC(NC(=O)CN2C(=O)N[C@@](C)(CCc3ccccc3)C2=O)CC1. The first kappa shape index (κ1) is 19.4. The molecular formula is C21H29N3O3. The Morgan fingerprint density at radius 2 is 1.85 bits per heavy atom. The van der Waals surface area contributed by atoms with Crippen LogP contribution in [-0.2, 0) is 16.0 Å². The molecule has 6 nitrogen and oxygen atoms in total. The number of nitrogens with zero attached hydrogens (tertiary/aromatic N) is 1. The zero-order chi connectivity index (χ0) is 19.4. The molecule has 1 aromatic rings. The van der Waals surface area contributed by atoms with Crippen molar-refractivity contribution >= 4 is 17.8 Å². The van der Waals surface area contributed by atoms with Gasteiger partial charge in [-0.05, 0) is 56.9 Å². The van der Waals surface area contributed by atoms with Crippen LogP contribution in [0.1, 0.15) is 51.5 Å². The molecule has 0 spiro atoms. The van der Waals surface area contributed by atoms with E-state index in [2.05, 4.69) is 17.6 Å². The van der Waals surface area contributed by atoms with E-state index in [1.807, 2.05) is 30.3 Å². The Bertz CT molecular complexity index is 698. The summed E-state index contributed by atoms with van der Waals surface area (Å²) in [6.07, 6.45) is 5.31. The van der Waals surface area contributed by atoms with E-state index in [9.17, 15) is 14.4 Å². The Hall–Kier alpha value is -2.37. The normalized spacial score (nSPS) is 28.1. The number of aryl methyl sites for hydroxylation is 1. The fourth-order valence-electron chi connectivity index (χ4n) is 3.92. The largest absolute Gasteiger partial charge is 0.352 e. The topological polar surface area (TPSA) is 78.5 Å². The maximum atomic E-state index is 12.8. The van der Waals surface area contributed by atoms with E-state index in [0.29, 0.717) is 18.8 Å². The first-order valence-corrected chi connectivity index (χ1v) is 9.85. The summed E-state index contributed by atoms with van der Waals surface area (Å²) in [4.78, 5) is 38.5. The Morgan fingerprint density at radius 3 is 2.52 bits per heavy atom. The molecule has 3 rings (SSSR count). The number of rotatable bonds is 6. The molecule has 1 aromatic carbocycles. The van der Waals surface area contributed by atoms with Crippen molar-refractivity contribution in [2.45, 2.75) is 64.0 Å². The summed E-state index contributed by atoms with van der Waals surface area (Å²) < 4.78 is 0. The highest BCUT2D eigenvalue weighted by Crippen LogP contribution is 2.25. The number of carbonyl (C=O) groups excluding carboxylic acids is 3. The van der Waals surface area contributed by atoms with Gasteiger partial charge in [0.05, 0.1) is 0 Å². The molecule has 146 valence electrons. The van der Waals surface area contributed by atoms with Gasteiger partial charge in [0, 0.05) is 6.04 Å². The number of hydrogen-bond donors (Lipinski definition) is 2. The van der Waals surface area contributed by atoms with Crippen LogP contribution in [0.3, 0.4) is 0 Å². The minimum absolute atomic E-state index is 0.152. The Balaban J connectivity index is 1.54. The average Bonchev–Trinajstić information content (AvgIpc) is 2.86. The summed E-state index contributed by atoms with van der Waals surface area (Å²) >= 11 is 0. The van der Waals surface area contributed by atoms with Crippen LogP contribution in [0.15, 0.2) is 30.3 Å². The number of benzene rings is 1. The van der Waals surface area contributed by atoms with Crippen molar-refractivity contribution in [3.05, 3.63) is 35.9 Å². The van der Waals surface area contributed by atoms with Crippen molar-refractivity contribution in [3.8, 4) is 0 Å². The maximum Gasteiger partial charge on any atom is 0.325 e. The van der Waals surface area contributed by atoms with Crippen LogP contribution >= 0.6 is 0 Å². The molecule has 0 radical (unpaired) electrons. The van der Waals surface area contributed by atoms with Gasteiger partial charge in [0.15, 0.2) is 0 Å². The third-order valence-corrected chi connectivity index (χ3v) is 5.78. The van der Waals surface area contributed by atoms with Gasteiger partial charge in [0.1, 0.15) is 12.1 Å². The van der Waals surface area contributed by atoms with Gasteiger partial charge >= 0.3 is 6.03 Å². The molecular weight excluding hydrogens is 342 g/mol. The summed E-state index contributed by atoms with van der Waals surface area (Å²) in [5.41, 5.74) is 0.150. The minimum atomic E-state index is -0.965. The van der Waals surface area contributed by atoms with Gasteiger partial charge in [0.25, 0.3) is 5.91 Å². The van der Waals surface area contributed by atoms with Crippen LogP contribution in [0, 0.1) is 5.92 Å². The second kappa shape index (κ2) is 8.11. The van der Waals surface area contributed by atoms with Gasteiger partial charge in [0.2, 0.25) is 5.91 Å². The number of hydrogen-bond acceptors (Lipinski definition) is 3. The lowest BCUT2D eigenvalue weighted by Gasteiger charge is -2.27. The molecule has 0 bridgehead atoms. The summed E-state index contributed by atoms with van der Waals surface area (Å²) in [7, 11) is 0. The third kappa shape index (κ3) is 4.67. The van der Waals surface area contributed by atoms with Crippen LogP contribution < -0.4 is 10.6 Å². The molecule has 1 atom stereocenters. The second-order valence-electron chi connectivity index (χ2n) is 8.16. The fourth-order valence-corrected chi connectivity index (χ4v) is 3.92. The van der Waals surface area contributed by atoms with Gasteiger partial charge in [-0.1, -0.05) is 37.3 Å². The number of urea groups is 1. The summed E-state index contributed by atoms with van der Waals surface area (Å²) in [5, 5.41) is 5.75. The molecule has 6 heteroatoms.